The molecule has 0 bridgehead atoms. The Balaban J connectivity index is 1.96. The third-order valence-electron chi connectivity index (χ3n) is 4.60. The molecule has 0 radical (unpaired) electrons. The number of hydrogen-bond donors (Lipinski definition) is 2. The van der Waals surface area contributed by atoms with Crippen molar-refractivity contribution in [1.82, 2.24) is 10.2 Å². The smallest absolute Gasteiger partial charge is 0.236 e. The van der Waals surface area contributed by atoms with Gasteiger partial charge in [-0.25, -0.2) is 0 Å². The van der Waals surface area contributed by atoms with E-state index in [0.717, 1.165) is 6.54 Å². The van der Waals surface area contributed by atoms with Crippen LogP contribution in [0.1, 0.15) is 50.2 Å². The molecule has 1 saturated carbocycles. The third-order valence-corrected chi connectivity index (χ3v) is 4.60. The maximum absolute atomic E-state index is 11.7. The van der Waals surface area contributed by atoms with Gasteiger partial charge in [0.2, 0.25) is 5.91 Å². The summed E-state index contributed by atoms with van der Waals surface area (Å²) < 4.78 is 0. The number of hydrogen-bond acceptors (Lipinski definition) is 3. The highest BCUT2D eigenvalue weighted by Crippen LogP contribution is 2.23. The van der Waals surface area contributed by atoms with E-state index in [1.165, 1.54) is 43.2 Å². The molecule has 1 aliphatic carbocycles. The number of carbonyl (C=O) groups excluding carboxylic acids is 1. The van der Waals surface area contributed by atoms with E-state index in [1.807, 2.05) is 6.07 Å². The monoisotopic (exact) mass is 303 g/mol. The van der Waals surface area contributed by atoms with E-state index in [2.05, 4.69) is 35.5 Å². The number of nitrogens with zero attached hydrogens (tertiary/aromatic N) is 1. The van der Waals surface area contributed by atoms with Crippen LogP contribution in [0.3, 0.4) is 0 Å². The topological polar surface area (TPSA) is 58.4 Å². The summed E-state index contributed by atoms with van der Waals surface area (Å²) in [6.07, 6.45) is 6.69. The van der Waals surface area contributed by atoms with Gasteiger partial charge in [-0.15, -0.1) is 0 Å². The molecule has 4 nitrogen and oxygen atoms in total. The van der Waals surface area contributed by atoms with Crippen LogP contribution < -0.4 is 11.1 Å². The number of benzene rings is 1. The van der Waals surface area contributed by atoms with Gasteiger partial charge in [0.05, 0.1) is 6.04 Å². The van der Waals surface area contributed by atoms with Gasteiger partial charge in [-0.2, -0.15) is 0 Å². The van der Waals surface area contributed by atoms with Crippen LogP contribution in [-0.4, -0.2) is 29.9 Å². The predicted molar refractivity (Wildman–Crippen MR) is 90.3 cm³/mol. The average Bonchev–Trinajstić information content (AvgIpc) is 2.54. The molecular weight excluding hydrogens is 274 g/mol. The van der Waals surface area contributed by atoms with Crippen molar-refractivity contribution >= 4 is 5.91 Å². The highest BCUT2D eigenvalue weighted by molar-refractivity contribution is 5.80. The summed E-state index contributed by atoms with van der Waals surface area (Å²) >= 11 is 0. The van der Waals surface area contributed by atoms with E-state index >= 15 is 0 Å². The second-order valence-corrected chi connectivity index (χ2v) is 6.48. The summed E-state index contributed by atoms with van der Waals surface area (Å²) in [5.74, 6) is -0.101. The molecule has 4 heteroatoms. The average molecular weight is 303 g/mol. The fourth-order valence-electron chi connectivity index (χ4n) is 3.15. The Labute approximate surface area is 134 Å². The molecule has 0 aliphatic heterocycles. The Hall–Kier alpha value is -1.39. The van der Waals surface area contributed by atoms with Crippen molar-refractivity contribution in [2.75, 3.05) is 7.05 Å². The molecule has 122 valence electrons. The molecule has 0 heterocycles. The van der Waals surface area contributed by atoms with Gasteiger partial charge < -0.3 is 11.1 Å². The number of nitrogens with one attached hydrogen (secondary N) is 1. The molecule has 1 aromatic carbocycles. The number of rotatable bonds is 6. The van der Waals surface area contributed by atoms with E-state index in [4.69, 9.17) is 5.73 Å². The fraction of sp³-hybridized carbons (Fsp3) is 0.611. The first-order valence-corrected chi connectivity index (χ1v) is 8.38. The lowest BCUT2D eigenvalue weighted by Crippen LogP contribution is -2.38. The van der Waals surface area contributed by atoms with E-state index in [-0.39, 0.29) is 5.91 Å². The second kappa shape index (κ2) is 8.30. The van der Waals surface area contributed by atoms with Gasteiger partial charge in [-0.3, -0.25) is 9.69 Å². The van der Waals surface area contributed by atoms with Gasteiger partial charge in [0.25, 0.3) is 0 Å². The third kappa shape index (κ3) is 4.82. The Morgan fingerprint density at radius 3 is 2.55 bits per heavy atom. The normalized spacial score (nSPS) is 17.5. The number of nitrogens with two attached hydrogens (primary N) is 1. The van der Waals surface area contributed by atoms with Crippen LogP contribution >= 0.6 is 0 Å². The SMILES string of the molecule is C[C@@H](N)C(=O)NCc1ccccc1CN(C)C1CCCCC1. The molecule has 0 saturated heterocycles. The van der Waals surface area contributed by atoms with Crippen LogP contribution in [0.2, 0.25) is 0 Å². The fourth-order valence-corrected chi connectivity index (χ4v) is 3.15. The van der Waals surface area contributed by atoms with Gasteiger partial charge in [0.15, 0.2) is 0 Å². The predicted octanol–water partition coefficient (Wildman–Crippen LogP) is 2.41. The molecule has 3 N–H and O–H groups in total. The Bertz CT molecular complexity index is 481. The number of carbonyl (C=O) groups is 1. The zero-order valence-electron chi connectivity index (χ0n) is 13.8. The summed E-state index contributed by atoms with van der Waals surface area (Å²) in [7, 11) is 2.22. The summed E-state index contributed by atoms with van der Waals surface area (Å²) in [6.45, 7) is 3.20. The van der Waals surface area contributed by atoms with Crippen molar-refractivity contribution in [3.8, 4) is 0 Å². The minimum absolute atomic E-state index is 0.101. The molecule has 22 heavy (non-hydrogen) atoms. The maximum atomic E-state index is 11.7. The van der Waals surface area contributed by atoms with Crippen LogP contribution in [0.5, 0.6) is 0 Å². The van der Waals surface area contributed by atoms with Crippen molar-refractivity contribution < 1.29 is 4.79 Å². The highest BCUT2D eigenvalue weighted by atomic mass is 16.2. The van der Waals surface area contributed by atoms with Gasteiger partial charge in [-0.05, 0) is 37.9 Å². The zero-order chi connectivity index (χ0) is 15.9. The van der Waals surface area contributed by atoms with Gasteiger partial charge >= 0.3 is 0 Å². The summed E-state index contributed by atoms with van der Waals surface area (Å²) in [4.78, 5) is 14.1. The maximum Gasteiger partial charge on any atom is 0.236 e. The Morgan fingerprint density at radius 2 is 1.91 bits per heavy atom. The molecule has 1 amide bonds. The van der Waals surface area contributed by atoms with Crippen molar-refractivity contribution in [2.24, 2.45) is 5.73 Å². The van der Waals surface area contributed by atoms with Gasteiger partial charge in [0, 0.05) is 19.1 Å². The molecule has 0 spiro atoms. The van der Waals surface area contributed by atoms with Gasteiger partial charge in [0.1, 0.15) is 0 Å². The standard InChI is InChI=1S/C18H29N3O/c1-14(19)18(22)20-12-15-8-6-7-9-16(15)13-21(2)17-10-4-3-5-11-17/h6-9,14,17H,3-5,10-13,19H2,1-2H3,(H,20,22)/t14-/m1/s1. The van der Waals surface area contributed by atoms with Crippen LogP contribution in [0.4, 0.5) is 0 Å². The van der Waals surface area contributed by atoms with Crippen molar-refractivity contribution in [3.63, 3.8) is 0 Å². The summed E-state index contributed by atoms with van der Waals surface area (Å²) in [6, 6.07) is 8.58. The van der Waals surface area contributed by atoms with Crippen molar-refractivity contribution in [3.05, 3.63) is 35.4 Å². The van der Waals surface area contributed by atoms with E-state index in [9.17, 15) is 4.79 Å². The van der Waals surface area contributed by atoms with Gasteiger partial charge in [-0.1, -0.05) is 43.5 Å². The van der Waals surface area contributed by atoms with Crippen molar-refractivity contribution in [1.29, 1.82) is 0 Å². The Kier molecular flexibility index (Phi) is 6.40. The van der Waals surface area contributed by atoms with Crippen LogP contribution in [0, 0.1) is 0 Å². The second-order valence-electron chi connectivity index (χ2n) is 6.48. The zero-order valence-corrected chi connectivity index (χ0v) is 13.8. The lowest BCUT2D eigenvalue weighted by molar-refractivity contribution is -0.122. The first kappa shape index (κ1) is 17.0. The largest absolute Gasteiger partial charge is 0.351 e. The summed E-state index contributed by atoms with van der Waals surface area (Å²) in [5.41, 5.74) is 8.07. The molecule has 1 aliphatic rings. The Morgan fingerprint density at radius 1 is 1.27 bits per heavy atom. The van der Waals surface area contributed by atoms with E-state index in [1.54, 1.807) is 6.92 Å². The van der Waals surface area contributed by atoms with E-state index < -0.39 is 6.04 Å². The molecular formula is C18H29N3O. The quantitative estimate of drug-likeness (QED) is 0.848. The summed E-state index contributed by atoms with van der Waals surface area (Å²) in [5, 5.41) is 2.91. The van der Waals surface area contributed by atoms with Crippen molar-refractivity contribution in [2.45, 2.75) is 64.2 Å². The number of amides is 1. The molecule has 0 unspecified atom stereocenters. The molecule has 1 atom stereocenters. The van der Waals surface area contributed by atoms with E-state index in [0.29, 0.717) is 12.6 Å². The van der Waals surface area contributed by atoms with Crippen LogP contribution in [0.25, 0.3) is 0 Å². The molecule has 1 aromatic rings. The molecule has 1 fully saturated rings. The molecule has 2 rings (SSSR count). The minimum Gasteiger partial charge on any atom is -0.351 e. The van der Waals surface area contributed by atoms with Crippen LogP contribution in [-0.2, 0) is 17.9 Å². The minimum atomic E-state index is -0.461. The lowest BCUT2D eigenvalue weighted by atomic mass is 9.94. The van der Waals surface area contributed by atoms with Crippen LogP contribution in [0.15, 0.2) is 24.3 Å². The lowest BCUT2D eigenvalue weighted by Gasteiger charge is -2.31. The molecule has 0 aromatic heterocycles. The first-order valence-electron chi connectivity index (χ1n) is 8.38. The highest BCUT2D eigenvalue weighted by Gasteiger charge is 2.18. The first-order chi connectivity index (χ1) is 10.6.